The summed E-state index contributed by atoms with van der Waals surface area (Å²) in [5.74, 6) is 0.862. The molecule has 1 saturated heterocycles. The Labute approximate surface area is 276 Å². The number of aliphatic hydroxyl groups excluding tert-OH is 1. The Morgan fingerprint density at radius 3 is 2.44 bits per heavy atom. The van der Waals surface area contributed by atoms with Crippen LogP contribution in [0.3, 0.4) is 0 Å². The van der Waals surface area contributed by atoms with Crippen LogP contribution in [0.2, 0.25) is 0 Å². The molecule has 2 amide bonds. The van der Waals surface area contributed by atoms with Crippen LogP contribution in [-0.4, -0.2) is 87.1 Å². The quantitative estimate of drug-likeness (QED) is 0.156. The molecule has 4 N–H and O–H groups in total. The molecular weight excluding hydrogens is 612 g/mol. The van der Waals surface area contributed by atoms with Crippen LogP contribution in [0.25, 0.3) is 22.4 Å². The van der Waals surface area contributed by atoms with Crippen molar-refractivity contribution < 1.29 is 24.2 Å². The molecule has 0 saturated carbocycles. The minimum atomic E-state index is -0.908. The summed E-state index contributed by atoms with van der Waals surface area (Å²) in [4.78, 5) is 53.8. The summed E-state index contributed by atoms with van der Waals surface area (Å²) in [7, 11) is 2.03. The maximum atomic E-state index is 13.4. The van der Waals surface area contributed by atoms with Crippen LogP contribution in [0.15, 0.2) is 83.8 Å². The number of aromatic amines is 2. The van der Waals surface area contributed by atoms with Crippen molar-refractivity contribution in [3.05, 3.63) is 106 Å². The Bertz CT molecular complexity index is 1960. The number of benzene rings is 3. The van der Waals surface area contributed by atoms with E-state index in [-0.39, 0.29) is 42.4 Å². The van der Waals surface area contributed by atoms with Gasteiger partial charge in [-0.25, -0.2) is 4.98 Å². The number of carbonyl (C=O) groups is 2. The summed E-state index contributed by atoms with van der Waals surface area (Å²) < 4.78 is 11.7. The molecule has 5 aromatic rings. The molecular formula is C36H36N6O6. The van der Waals surface area contributed by atoms with Gasteiger partial charge in [0.1, 0.15) is 42.2 Å². The standard InChI is InChI=1S/C36H36N6O6/c1-41-14-11-23(12-15-41)42-35(45)27-17-30-31(18-28(27)36(42)46)40-33(39-30)32-29(10-13-37-34(32)44)38-19-24(43)21-48-26-9-5-8-25(16-26)47-20-22-6-3-2-4-7-22/h2-10,13,16-18,23-24,43H,11-12,14-15,19-21H2,1H3,(H,39,40)(H2,37,38,44). The molecule has 12 heteroatoms. The van der Waals surface area contributed by atoms with E-state index in [2.05, 4.69) is 25.2 Å². The molecule has 2 aromatic heterocycles. The predicted octanol–water partition coefficient (Wildman–Crippen LogP) is 4.04. The highest BCUT2D eigenvalue weighted by atomic mass is 16.5. The van der Waals surface area contributed by atoms with Crippen molar-refractivity contribution in [2.24, 2.45) is 0 Å². The molecule has 4 heterocycles. The summed E-state index contributed by atoms with van der Waals surface area (Å²) in [6.07, 6.45) is 2.08. The molecule has 48 heavy (non-hydrogen) atoms. The summed E-state index contributed by atoms with van der Waals surface area (Å²) in [6, 6.07) is 21.9. The van der Waals surface area contributed by atoms with Gasteiger partial charge in [-0.1, -0.05) is 36.4 Å². The summed E-state index contributed by atoms with van der Waals surface area (Å²) in [5, 5.41) is 13.8. The second-order valence-corrected chi connectivity index (χ2v) is 12.2. The Balaban J connectivity index is 1.01. The summed E-state index contributed by atoms with van der Waals surface area (Å²) >= 11 is 0. The lowest BCUT2D eigenvalue weighted by Gasteiger charge is -2.33. The molecule has 246 valence electrons. The van der Waals surface area contributed by atoms with E-state index < -0.39 is 11.7 Å². The van der Waals surface area contributed by atoms with Crippen molar-refractivity contribution in [1.82, 2.24) is 24.8 Å². The molecule has 3 aromatic carbocycles. The van der Waals surface area contributed by atoms with Crippen molar-refractivity contribution in [1.29, 1.82) is 0 Å². The Morgan fingerprint density at radius 2 is 1.67 bits per heavy atom. The molecule has 1 atom stereocenters. The van der Waals surface area contributed by atoms with Gasteiger partial charge in [-0.15, -0.1) is 0 Å². The van der Waals surface area contributed by atoms with Gasteiger partial charge in [-0.3, -0.25) is 19.3 Å². The van der Waals surface area contributed by atoms with E-state index in [0.29, 0.717) is 46.0 Å². The number of nitrogens with one attached hydrogen (secondary N) is 3. The third-order valence-corrected chi connectivity index (χ3v) is 8.79. The number of hydrogen-bond acceptors (Lipinski definition) is 9. The molecule has 0 bridgehead atoms. The Hall–Kier alpha value is -5.46. The van der Waals surface area contributed by atoms with Crippen LogP contribution in [-0.2, 0) is 6.61 Å². The monoisotopic (exact) mass is 648 g/mol. The second kappa shape index (κ2) is 13.3. The SMILES string of the molecule is CN1CCC(N2C(=O)c3cc4nc(-c5c(NCC(O)COc6cccc(OCc7ccccc7)c6)cc[nH]c5=O)[nH]c4cc3C2=O)CC1. The lowest BCUT2D eigenvalue weighted by Crippen LogP contribution is -2.46. The maximum Gasteiger partial charge on any atom is 0.261 e. The lowest BCUT2D eigenvalue weighted by atomic mass is 10.0. The topological polar surface area (TPSA) is 153 Å². The van der Waals surface area contributed by atoms with E-state index in [0.717, 1.165) is 31.5 Å². The minimum absolute atomic E-state index is 0.000483. The summed E-state index contributed by atoms with van der Waals surface area (Å²) in [6.45, 7) is 2.17. The molecule has 1 fully saturated rings. The van der Waals surface area contributed by atoms with Crippen molar-refractivity contribution in [2.75, 3.05) is 38.6 Å². The zero-order chi connectivity index (χ0) is 33.2. The van der Waals surface area contributed by atoms with Gasteiger partial charge in [0.25, 0.3) is 17.4 Å². The highest BCUT2D eigenvalue weighted by Gasteiger charge is 2.41. The van der Waals surface area contributed by atoms with Crippen LogP contribution in [0.5, 0.6) is 11.5 Å². The van der Waals surface area contributed by atoms with E-state index in [9.17, 15) is 19.5 Å². The first kappa shape index (κ1) is 31.2. The number of H-pyrrole nitrogens is 2. The van der Waals surface area contributed by atoms with Crippen LogP contribution in [0.1, 0.15) is 39.1 Å². The number of carbonyl (C=O) groups excluding carboxylic acids is 2. The zero-order valence-electron chi connectivity index (χ0n) is 26.4. The number of imidazole rings is 1. The molecule has 0 radical (unpaired) electrons. The number of amides is 2. The van der Waals surface area contributed by atoms with Crippen LogP contribution >= 0.6 is 0 Å². The van der Waals surface area contributed by atoms with E-state index >= 15 is 0 Å². The van der Waals surface area contributed by atoms with E-state index in [4.69, 9.17) is 9.47 Å². The first-order valence-corrected chi connectivity index (χ1v) is 16.0. The van der Waals surface area contributed by atoms with E-state index in [1.54, 1.807) is 30.3 Å². The van der Waals surface area contributed by atoms with E-state index in [1.165, 1.54) is 11.1 Å². The van der Waals surface area contributed by atoms with Crippen molar-refractivity contribution in [2.45, 2.75) is 31.6 Å². The highest BCUT2D eigenvalue weighted by Crippen LogP contribution is 2.33. The number of rotatable bonds is 11. The number of hydrogen-bond donors (Lipinski definition) is 4. The number of likely N-dealkylation sites (tertiary alicyclic amines) is 1. The van der Waals surface area contributed by atoms with Crippen LogP contribution in [0.4, 0.5) is 5.69 Å². The minimum Gasteiger partial charge on any atom is -0.491 e. The Morgan fingerprint density at radius 1 is 0.938 bits per heavy atom. The average molecular weight is 649 g/mol. The molecule has 2 aliphatic heterocycles. The highest BCUT2D eigenvalue weighted by molar-refractivity contribution is 6.23. The smallest absolute Gasteiger partial charge is 0.261 e. The number of imide groups is 1. The van der Waals surface area contributed by atoms with Gasteiger partial charge >= 0.3 is 0 Å². The fourth-order valence-electron chi connectivity index (χ4n) is 6.20. The molecule has 7 rings (SSSR count). The fourth-order valence-corrected chi connectivity index (χ4v) is 6.20. The molecule has 12 nitrogen and oxygen atoms in total. The van der Waals surface area contributed by atoms with Crippen LogP contribution in [0, 0.1) is 0 Å². The zero-order valence-corrected chi connectivity index (χ0v) is 26.4. The lowest BCUT2D eigenvalue weighted by molar-refractivity contribution is 0.0516. The van der Waals surface area contributed by atoms with Crippen molar-refractivity contribution >= 4 is 28.5 Å². The number of aromatic nitrogens is 3. The Kier molecular flexibility index (Phi) is 8.66. The van der Waals surface area contributed by atoms with Gasteiger partial charge in [-0.2, -0.15) is 0 Å². The van der Waals surface area contributed by atoms with Gasteiger partial charge in [-0.05, 0) is 68.9 Å². The number of nitrogens with zero attached hydrogens (tertiary/aromatic N) is 3. The van der Waals surface area contributed by atoms with Gasteiger partial charge in [0.05, 0.1) is 27.8 Å². The molecule has 0 spiro atoms. The first-order chi connectivity index (χ1) is 23.3. The maximum absolute atomic E-state index is 13.4. The number of fused-ring (bicyclic) bond motifs is 2. The third-order valence-electron chi connectivity index (χ3n) is 8.79. The van der Waals surface area contributed by atoms with Crippen molar-refractivity contribution in [3.63, 3.8) is 0 Å². The number of aliphatic hydroxyl groups is 1. The van der Waals surface area contributed by atoms with Crippen LogP contribution < -0.4 is 20.3 Å². The number of anilines is 1. The second-order valence-electron chi connectivity index (χ2n) is 12.2. The van der Waals surface area contributed by atoms with E-state index in [1.807, 2.05) is 49.5 Å². The fraction of sp³-hybridized carbons (Fsp3) is 0.278. The molecule has 1 unspecified atom stereocenters. The van der Waals surface area contributed by atoms with Gasteiger partial charge in [0, 0.05) is 24.8 Å². The predicted molar refractivity (Wildman–Crippen MR) is 180 cm³/mol. The number of piperidine rings is 1. The molecule has 0 aliphatic carbocycles. The number of ether oxygens (including phenoxy) is 2. The normalized spacial score (nSPS) is 15.9. The summed E-state index contributed by atoms with van der Waals surface area (Å²) in [5.41, 5.74) is 2.98. The van der Waals surface area contributed by atoms with Gasteiger partial charge < -0.3 is 34.8 Å². The average Bonchev–Trinajstić information content (AvgIpc) is 3.62. The largest absolute Gasteiger partial charge is 0.491 e. The van der Waals surface area contributed by atoms with Crippen molar-refractivity contribution in [3.8, 4) is 22.9 Å². The van der Waals surface area contributed by atoms with Gasteiger partial charge in [0.2, 0.25) is 0 Å². The van der Waals surface area contributed by atoms with Gasteiger partial charge in [0.15, 0.2) is 0 Å². The number of pyridine rings is 1. The first-order valence-electron chi connectivity index (χ1n) is 16.0. The third kappa shape index (κ3) is 6.40. The molecule has 2 aliphatic rings.